The van der Waals surface area contributed by atoms with Crippen molar-refractivity contribution >= 4 is 56.0 Å². The van der Waals surface area contributed by atoms with Gasteiger partial charge in [0.05, 0.1) is 29.0 Å². The lowest BCUT2D eigenvalue weighted by atomic mass is 10.1. The summed E-state index contributed by atoms with van der Waals surface area (Å²) in [4.78, 5) is 14.1. The highest BCUT2D eigenvalue weighted by molar-refractivity contribution is 7.92. The van der Waals surface area contributed by atoms with E-state index in [9.17, 15) is 13.2 Å². The number of amides is 1. The zero-order chi connectivity index (χ0) is 18.7. The van der Waals surface area contributed by atoms with Crippen molar-refractivity contribution in [3.63, 3.8) is 0 Å². The molecule has 1 aliphatic heterocycles. The number of benzene rings is 1. The van der Waals surface area contributed by atoms with Crippen LogP contribution in [0.15, 0.2) is 24.1 Å². The molecule has 0 unspecified atom stereocenters. The number of nitrogens with zero attached hydrogens (tertiary/aromatic N) is 3. The van der Waals surface area contributed by atoms with E-state index in [0.717, 1.165) is 17.1 Å². The van der Waals surface area contributed by atoms with Gasteiger partial charge in [0.15, 0.2) is 0 Å². The van der Waals surface area contributed by atoms with Gasteiger partial charge in [-0.05, 0) is 25.0 Å². The second-order valence-electron chi connectivity index (χ2n) is 5.89. The zero-order valence-corrected chi connectivity index (χ0v) is 16.2. The van der Waals surface area contributed by atoms with Gasteiger partial charge in [-0.25, -0.2) is 13.1 Å². The van der Waals surface area contributed by atoms with Crippen molar-refractivity contribution in [3.8, 4) is 0 Å². The highest BCUT2D eigenvalue weighted by Gasteiger charge is 2.25. The van der Waals surface area contributed by atoms with Crippen LogP contribution in [-0.4, -0.2) is 53.6 Å². The molecule has 0 bridgehead atoms. The van der Waals surface area contributed by atoms with Gasteiger partial charge in [0, 0.05) is 24.5 Å². The van der Waals surface area contributed by atoms with Crippen LogP contribution in [0.3, 0.4) is 0 Å². The molecule has 0 radical (unpaired) electrons. The van der Waals surface area contributed by atoms with Gasteiger partial charge in [-0.2, -0.15) is 8.75 Å². The standard InChI is InChI=1S/C15H18ClN5O3S2/c1-2-26(23,24)20-10-5-7-21(8-6-10)13(22)9-17-12-4-3-11(16)14-15(12)19-25-18-14/h2-4,10,17,20H,1,5-9H2. The highest BCUT2D eigenvalue weighted by atomic mass is 35.5. The Morgan fingerprint density at radius 1 is 1.35 bits per heavy atom. The first-order valence-corrected chi connectivity index (χ1v) is 10.6. The fourth-order valence-electron chi connectivity index (χ4n) is 2.79. The number of rotatable bonds is 6. The molecule has 8 nitrogen and oxygen atoms in total. The molecule has 3 rings (SSSR count). The van der Waals surface area contributed by atoms with E-state index in [1.54, 1.807) is 17.0 Å². The van der Waals surface area contributed by atoms with E-state index in [-0.39, 0.29) is 18.5 Å². The lowest BCUT2D eigenvalue weighted by Gasteiger charge is -2.32. The van der Waals surface area contributed by atoms with Crippen LogP contribution >= 0.6 is 23.3 Å². The minimum absolute atomic E-state index is 0.0543. The largest absolute Gasteiger partial charge is 0.374 e. The van der Waals surface area contributed by atoms with Crippen LogP contribution in [0.2, 0.25) is 5.02 Å². The van der Waals surface area contributed by atoms with Gasteiger partial charge in [-0.15, -0.1) is 0 Å². The molecule has 0 spiro atoms. The van der Waals surface area contributed by atoms with E-state index >= 15 is 0 Å². The average Bonchev–Trinajstić information content (AvgIpc) is 3.12. The van der Waals surface area contributed by atoms with Crippen LogP contribution in [0.1, 0.15) is 12.8 Å². The molecule has 1 aromatic carbocycles. The van der Waals surface area contributed by atoms with Crippen LogP contribution in [0.25, 0.3) is 11.0 Å². The van der Waals surface area contributed by atoms with Crippen molar-refractivity contribution in [1.82, 2.24) is 18.4 Å². The Morgan fingerprint density at radius 2 is 2.04 bits per heavy atom. The fourth-order valence-corrected chi connectivity index (χ4v) is 4.40. The van der Waals surface area contributed by atoms with Gasteiger partial charge in [0.2, 0.25) is 15.9 Å². The number of likely N-dealkylation sites (tertiary alicyclic amines) is 1. The van der Waals surface area contributed by atoms with Crippen molar-refractivity contribution in [2.75, 3.05) is 25.0 Å². The first-order valence-electron chi connectivity index (χ1n) is 7.97. The van der Waals surface area contributed by atoms with Gasteiger partial charge >= 0.3 is 0 Å². The van der Waals surface area contributed by atoms with E-state index < -0.39 is 10.0 Å². The quantitative estimate of drug-likeness (QED) is 0.745. The summed E-state index contributed by atoms with van der Waals surface area (Å²) in [6, 6.07) is 3.32. The number of carbonyl (C=O) groups excluding carboxylic acids is 1. The van der Waals surface area contributed by atoms with Crippen LogP contribution in [0.4, 0.5) is 5.69 Å². The second-order valence-corrected chi connectivity index (χ2v) is 8.49. The van der Waals surface area contributed by atoms with Crippen molar-refractivity contribution < 1.29 is 13.2 Å². The molecule has 0 atom stereocenters. The predicted octanol–water partition coefficient (Wildman–Crippen LogP) is 1.81. The lowest BCUT2D eigenvalue weighted by molar-refractivity contribution is -0.130. The van der Waals surface area contributed by atoms with Crippen molar-refractivity contribution in [2.24, 2.45) is 0 Å². The molecule has 2 N–H and O–H groups in total. The lowest BCUT2D eigenvalue weighted by Crippen LogP contribution is -2.47. The number of aromatic nitrogens is 2. The second kappa shape index (κ2) is 7.87. The summed E-state index contributed by atoms with van der Waals surface area (Å²) in [7, 11) is -3.45. The van der Waals surface area contributed by atoms with Crippen LogP contribution < -0.4 is 10.0 Å². The monoisotopic (exact) mass is 415 g/mol. The Hall–Kier alpha value is -1.75. The molecule has 2 aromatic rings. The number of hydrogen-bond donors (Lipinski definition) is 2. The van der Waals surface area contributed by atoms with Crippen LogP contribution in [0.5, 0.6) is 0 Å². The molecular formula is C15H18ClN5O3S2. The Balaban J connectivity index is 1.54. The molecule has 1 fully saturated rings. The van der Waals surface area contributed by atoms with E-state index in [4.69, 9.17) is 11.6 Å². The maximum Gasteiger partial charge on any atom is 0.241 e. The number of fused-ring (bicyclic) bond motifs is 1. The van der Waals surface area contributed by atoms with E-state index in [1.165, 1.54) is 0 Å². The molecule has 1 aromatic heterocycles. The summed E-state index contributed by atoms with van der Waals surface area (Å²) in [6.45, 7) is 4.40. The highest BCUT2D eigenvalue weighted by Crippen LogP contribution is 2.28. The summed E-state index contributed by atoms with van der Waals surface area (Å²) >= 11 is 7.14. The van der Waals surface area contributed by atoms with Gasteiger partial charge in [0.1, 0.15) is 11.0 Å². The fraction of sp³-hybridized carbons (Fsp3) is 0.400. The minimum atomic E-state index is -3.45. The summed E-state index contributed by atoms with van der Waals surface area (Å²) in [6.07, 6.45) is 1.14. The maximum absolute atomic E-state index is 12.4. The molecule has 26 heavy (non-hydrogen) atoms. The molecule has 1 aliphatic rings. The third-order valence-electron chi connectivity index (χ3n) is 4.19. The number of nitrogens with one attached hydrogen (secondary N) is 2. The number of anilines is 1. The van der Waals surface area contributed by atoms with Crippen molar-refractivity contribution in [3.05, 3.63) is 29.1 Å². The zero-order valence-electron chi connectivity index (χ0n) is 13.8. The van der Waals surface area contributed by atoms with E-state index in [1.807, 2.05) is 0 Å². The molecule has 0 aliphatic carbocycles. The average molecular weight is 416 g/mol. The van der Waals surface area contributed by atoms with Crippen molar-refractivity contribution in [1.29, 1.82) is 0 Å². The predicted molar refractivity (Wildman–Crippen MR) is 103 cm³/mol. The first kappa shape index (κ1) is 19.0. The Kier molecular flexibility index (Phi) is 5.76. The normalized spacial score (nSPS) is 16.0. The third kappa shape index (κ3) is 4.32. The molecule has 1 saturated heterocycles. The van der Waals surface area contributed by atoms with Gasteiger partial charge in [-0.3, -0.25) is 4.79 Å². The van der Waals surface area contributed by atoms with Gasteiger partial charge < -0.3 is 10.2 Å². The Bertz CT molecular complexity index is 923. The van der Waals surface area contributed by atoms with E-state index in [2.05, 4.69) is 25.4 Å². The summed E-state index contributed by atoms with van der Waals surface area (Å²) in [5, 5.41) is 4.51. The van der Waals surface area contributed by atoms with Gasteiger partial charge in [-0.1, -0.05) is 18.2 Å². The van der Waals surface area contributed by atoms with Crippen LogP contribution in [-0.2, 0) is 14.8 Å². The summed E-state index contributed by atoms with van der Waals surface area (Å²) < 4.78 is 33.9. The smallest absolute Gasteiger partial charge is 0.241 e. The van der Waals surface area contributed by atoms with Crippen molar-refractivity contribution in [2.45, 2.75) is 18.9 Å². The molecule has 140 valence electrons. The van der Waals surface area contributed by atoms with Crippen LogP contribution in [0, 0.1) is 0 Å². The summed E-state index contributed by atoms with van der Waals surface area (Å²) in [5.74, 6) is -0.0543. The number of halogens is 1. The molecule has 1 amide bonds. The molecular weight excluding hydrogens is 398 g/mol. The molecule has 11 heteroatoms. The van der Waals surface area contributed by atoms with Gasteiger partial charge in [0.25, 0.3) is 0 Å². The van der Waals surface area contributed by atoms with E-state index in [0.29, 0.717) is 47.7 Å². The summed E-state index contributed by atoms with van der Waals surface area (Å²) in [5.41, 5.74) is 1.97. The minimum Gasteiger partial charge on any atom is -0.374 e. The maximum atomic E-state index is 12.4. The number of carbonyl (C=O) groups is 1. The third-order valence-corrected chi connectivity index (χ3v) is 6.13. The number of sulfonamides is 1. The Morgan fingerprint density at radius 3 is 2.73 bits per heavy atom. The number of hydrogen-bond acceptors (Lipinski definition) is 7. The number of piperidine rings is 1. The molecule has 2 heterocycles. The SMILES string of the molecule is C=CS(=O)(=O)NC1CCN(C(=O)CNc2ccc(Cl)c3nsnc23)CC1. The Labute approximate surface area is 160 Å². The molecule has 0 saturated carbocycles. The first-order chi connectivity index (χ1) is 12.4. The topological polar surface area (TPSA) is 104 Å².